The van der Waals surface area contributed by atoms with Gasteiger partial charge in [-0.2, -0.15) is 0 Å². The van der Waals surface area contributed by atoms with Crippen LogP contribution in [0.4, 0.5) is 23.0 Å². The smallest absolute Gasteiger partial charge is 0.311 e. The molecule has 0 saturated carbocycles. The predicted molar refractivity (Wildman–Crippen MR) is 79.6 cm³/mol. The Morgan fingerprint density at radius 2 is 2.10 bits per heavy atom. The summed E-state index contributed by atoms with van der Waals surface area (Å²) in [5.41, 5.74) is 2.79. The Labute approximate surface area is 121 Å². The van der Waals surface area contributed by atoms with Crippen LogP contribution in [0.2, 0.25) is 0 Å². The van der Waals surface area contributed by atoms with Crippen molar-refractivity contribution in [3.63, 3.8) is 0 Å². The van der Waals surface area contributed by atoms with Gasteiger partial charge in [0.15, 0.2) is 0 Å². The van der Waals surface area contributed by atoms with E-state index in [0.717, 1.165) is 0 Å². The highest BCUT2D eigenvalue weighted by molar-refractivity contribution is 5.71. The summed E-state index contributed by atoms with van der Waals surface area (Å²) in [6.07, 6.45) is 0. The molecule has 4 N–H and O–H groups in total. The molecule has 0 aliphatic carbocycles. The third-order valence-corrected chi connectivity index (χ3v) is 2.66. The maximum atomic E-state index is 11.1. The van der Waals surface area contributed by atoms with Crippen LogP contribution in [-0.4, -0.2) is 16.5 Å². The summed E-state index contributed by atoms with van der Waals surface area (Å²) in [6, 6.07) is 9.88. The standard InChI is InChI=1S/C13H15N5O3/c1-2-21-11-6-4-3-5-9(11)15-13-10(18(19)20)7-8-12(16-13)17-14/h3-8H,2,14H2,1H3,(H2,15,16,17). The molecule has 0 spiro atoms. The SMILES string of the molecule is CCOc1ccccc1Nc1nc(NN)ccc1[N+](=O)[O-]. The quantitative estimate of drug-likeness (QED) is 0.425. The number of nitrogens with two attached hydrogens (primary N) is 1. The van der Waals surface area contributed by atoms with Crippen LogP contribution < -0.4 is 21.3 Å². The van der Waals surface area contributed by atoms with Crippen molar-refractivity contribution in [3.05, 3.63) is 46.5 Å². The van der Waals surface area contributed by atoms with Crippen molar-refractivity contribution in [2.45, 2.75) is 6.92 Å². The van der Waals surface area contributed by atoms with Gasteiger partial charge in [-0.3, -0.25) is 10.1 Å². The van der Waals surface area contributed by atoms with Gasteiger partial charge in [0.1, 0.15) is 11.6 Å². The molecule has 0 aliphatic heterocycles. The number of nitro groups is 1. The molecule has 0 saturated heterocycles. The van der Waals surface area contributed by atoms with E-state index in [4.69, 9.17) is 10.6 Å². The Morgan fingerprint density at radius 1 is 1.33 bits per heavy atom. The van der Waals surface area contributed by atoms with Gasteiger partial charge in [-0.25, -0.2) is 10.8 Å². The molecule has 2 rings (SSSR count). The van der Waals surface area contributed by atoms with Crippen LogP contribution in [0, 0.1) is 10.1 Å². The number of rotatable bonds is 6. The average molecular weight is 289 g/mol. The van der Waals surface area contributed by atoms with Crippen molar-refractivity contribution in [2.24, 2.45) is 5.84 Å². The minimum atomic E-state index is -0.515. The van der Waals surface area contributed by atoms with Gasteiger partial charge in [0.05, 0.1) is 17.2 Å². The molecule has 21 heavy (non-hydrogen) atoms. The molecule has 0 amide bonds. The van der Waals surface area contributed by atoms with Gasteiger partial charge in [-0.05, 0) is 25.1 Å². The Morgan fingerprint density at radius 3 is 2.76 bits per heavy atom. The fraction of sp³-hybridized carbons (Fsp3) is 0.154. The van der Waals surface area contributed by atoms with Crippen molar-refractivity contribution in [1.82, 2.24) is 4.98 Å². The second-order valence-corrected chi connectivity index (χ2v) is 4.02. The van der Waals surface area contributed by atoms with Crippen molar-refractivity contribution < 1.29 is 9.66 Å². The molecule has 1 aromatic heterocycles. The van der Waals surface area contributed by atoms with Crippen molar-refractivity contribution in [3.8, 4) is 5.75 Å². The molecule has 0 radical (unpaired) electrons. The number of hydrazine groups is 1. The molecule has 1 heterocycles. The lowest BCUT2D eigenvalue weighted by molar-refractivity contribution is -0.384. The monoisotopic (exact) mass is 289 g/mol. The largest absolute Gasteiger partial charge is 0.492 e. The molecule has 0 aliphatic rings. The number of hydrogen-bond donors (Lipinski definition) is 3. The first kappa shape index (κ1) is 14.5. The van der Waals surface area contributed by atoms with Crippen molar-refractivity contribution in [1.29, 1.82) is 0 Å². The number of ether oxygens (including phenoxy) is 1. The first-order chi connectivity index (χ1) is 10.2. The lowest BCUT2D eigenvalue weighted by atomic mass is 10.3. The number of nitrogens with zero attached hydrogens (tertiary/aromatic N) is 2. The molecule has 2 aromatic rings. The first-order valence-electron chi connectivity index (χ1n) is 6.26. The highest BCUT2D eigenvalue weighted by atomic mass is 16.6. The van der Waals surface area contributed by atoms with Gasteiger partial charge < -0.3 is 15.5 Å². The van der Waals surface area contributed by atoms with Crippen LogP contribution in [-0.2, 0) is 0 Å². The number of benzene rings is 1. The lowest BCUT2D eigenvalue weighted by Crippen LogP contribution is -2.10. The van der Waals surface area contributed by atoms with Crippen LogP contribution in [0.1, 0.15) is 6.92 Å². The van der Waals surface area contributed by atoms with Gasteiger partial charge in [-0.15, -0.1) is 0 Å². The lowest BCUT2D eigenvalue weighted by Gasteiger charge is -2.12. The zero-order chi connectivity index (χ0) is 15.2. The second kappa shape index (κ2) is 6.53. The van der Waals surface area contributed by atoms with Crippen molar-refractivity contribution >= 4 is 23.0 Å². The van der Waals surface area contributed by atoms with E-state index in [1.165, 1.54) is 12.1 Å². The Kier molecular flexibility index (Phi) is 4.52. The number of nitrogens with one attached hydrogen (secondary N) is 2. The van der Waals surface area contributed by atoms with E-state index in [0.29, 0.717) is 23.9 Å². The van der Waals surface area contributed by atoms with Crippen LogP contribution >= 0.6 is 0 Å². The fourth-order valence-electron chi connectivity index (χ4n) is 1.75. The number of nitrogen functional groups attached to an aromatic ring is 1. The van der Waals surface area contributed by atoms with Gasteiger partial charge in [0, 0.05) is 6.07 Å². The number of pyridine rings is 1. The third kappa shape index (κ3) is 3.37. The van der Waals surface area contributed by atoms with E-state index < -0.39 is 4.92 Å². The van der Waals surface area contributed by atoms with E-state index >= 15 is 0 Å². The van der Waals surface area contributed by atoms with E-state index in [1.54, 1.807) is 18.2 Å². The van der Waals surface area contributed by atoms with E-state index in [-0.39, 0.29) is 11.5 Å². The van der Waals surface area contributed by atoms with Gasteiger partial charge in [-0.1, -0.05) is 12.1 Å². The molecule has 8 nitrogen and oxygen atoms in total. The molecular formula is C13H15N5O3. The van der Waals surface area contributed by atoms with E-state index in [2.05, 4.69) is 15.7 Å². The zero-order valence-corrected chi connectivity index (χ0v) is 11.4. The topological polar surface area (TPSA) is 115 Å². The highest BCUT2D eigenvalue weighted by Crippen LogP contribution is 2.31. The predicted octanol–water partition coefficient (Wildman–Crippen LogP) is 2.42. The summed E-state index contributed by atoms with van der Waals surface area (Å²) < 4.78 is 5.47. The summed E-state index contributed by atoms with van der Waals surface area (Å²) in [4.78, 5) is 14.6. The maximum Gasteiger partial charge on any atom is 0.311 e. The average Bonchev–Trinajstić information content (AvgIpc) is 2.49. The molecule has 0 fully saturated rings. The Balaban J connectivity index is 2.40. The van der Waals surface area contributed by atoms with Crippen LogP contribution in [0.5, 0.6) is 5.75 Å². The van der Waals surface area contributed by atoms with Crippen LogP contribution in [0.25, 0.3) is 0 Å². The van der Waals surface area contributed by atoms with Gasteiger partial charge in [0.2, 0.25) is 5.82 Å². The molecule has 0 bridgehead atoms. The molecular weight excluding hydrogens is 274 g/mol. The third-order valence-electron chi connectivity index (χ3n) is 2.66. The first-order valence-corrected chi connectivity index (χ1v) is 6.26. The zero-order valence-electron chi connectivity index (χ0n) is 11.4. The van der Waals surface area contributed by atoms with Gasteiger partial charge >= 0.3 is 5.69 Å². The molecule has 0 atom stereocenters. The molecule has 1 aromatic carbocycles. The maximum absolute atomic E-state index is 11.1. The number of para-hydroxylation sites is 2. The summed E-state index contributed by atoms with van der Waals surface area (Å²) in [5.74, 6) is 6.27. The number of hydrogen-bond acceptors (Lipinski definition) is 7. The van der Waals surface area contributed by atoms with Crippen LogP contribution in [0.15, 0.2) is 36.4 Å². The van der Waals surface area contributed by atoms with E-state index in [9.17, 15) is 10.1 Å². The fourth-order valence-corrected chi connectivity index (χ4v) is 1.75. The Hall–Kier alpha value is -2.87. The van der Waals surface area contributed by atoms with E-state index in [1.807, 2.05) is 13.0 Å². The molecule has 110 valence electrons. The van der Waals surface area contributed by atoms with Gasteiger partial charge in [0.25, 0.3) is 0 Å². The number of anilines is 3. The summed E-state index contributed by atoms with van der Waals surface area (Å²) in [6.45, 7) is 2.34. The summed E-state index contributed by atoms with van der Waals surface area (Å²) in [7, 11) is 0. The molecule has 8 heteroatoms. The normalized spacial score (nSPS) is 10.0. The second-order valence-electron chi connectivity index (χ2n) is 4.02. The van der Waals surface area contributed by atoms with Crippen LogP contribution in [0.3, 0.4) is 0 Å². The minimum Gasteiger partial charge on any atom is -0.492 e. The number of aromatic nitrogens is 1. The molecule has 0 unspecified atom stereocenters. The summed E-state index contributed by atoms with van der Waals surface area (Å²) in [5, 5.41) is 14.0. The minimum absolute atomic E-state index is 0.0857. The van der Waals surface area contributed by atoms with Crippen molar-refractivity contribution in [2.75, 3.05) is 17.3 Å². The summed E-state index contributed by atoms with van der Waals surface area (Å²) >= 11 is 0. The Bertz CT molecular complexity index is 647. The highest BCUT2D eigenvalue weighted by Gasteiger charge is 2.17.